The van der Waals surface area contributed by atoms with Gasteiger partial charge in [-0.15, -0.1) is 10.2 Å². The Bertz CT molecular complexity index is 793. The number of aliphatic hydroxyl groups is 1. The highest BCUT2D eigenvalue weighted by molar-refractivity contribution is 6.08. The van der Waals surface area contributed by atoms with Gasteiger partial charge >= 0.3 is 0 Å². The minimum Gasteiger partial charge on any atom is -0.504 e. The van der Waals surface area contributed by atoms with Crippen LogP contribution < -0.4 is 0 Å². The van der Waals surface area contributed by atoms with Gasteiger partial charge in [0.25, 0.3) is 0 Å². The van der Waals surface area contributed by atoms with Gasteiger partial charge in [0.05, 0.1) is 11.8 Å². The summed E-state index contributed by atoms with van der Waals surface area (Å²) >= 11 is 0. The Balaban J connectivity index is 1.82. The Morgan fingerprint density at radius 1 is 1.32 bits per heavy atom. The molecule has 2 N–H and O–H groups in total. The molecule has 0 unspecified atom stereocenters. The van der Waals surface area contributed by atoms with E-state index in [2.05, 4.69) is 25.6 Å². The number of aliphatic hydroxyl groups excluding tert-OH is 1. The smallest absolute Gasteiger partial charge is 0.239 e. The van der Waals surface area contributed by atoms with E-state index in [1.165, 1.54) is 6.26 Å². The molecule has 0 aliphatic rings. The Kier molecular flexibility index (Phi) is 3.73. The van der Waals surface area contributed by atoms with Crippen LogP contribution in [0.15, 0.2) is 47.3 Å². The maximum Gasteiger partial charge on any atom is 0.239 e. The van der Waals surface area contributed by atoms with Crippen molar-refractivity contribution >= 4 is 11.5 Å². The summed E-state index contributed by atoms with van der Waals surface area (Å²) in [7, 11) is 0. The topological polar surface area (TPSA) is 118 Å². The number of hydrogen-bond acceptors (Lipinski definition) is 7. The fraction of sp³-hybridized carbons (Fsp3) is 0.0714. The van der Waals surface area contributed by atoms with Crippen LogP contribution >= 0.6 is 0 Å². The molecule has 0 fully saturated rings. The molecule has 110 valence electrons. The molecule has 8 heteroatoms. The van der Waals surface area contributed by atoms with Crippen LogP contribution in [0, 0.1) is 0 Å². The normalized spacial score (nSPS) is 11.5. The highest BCUT2D eigenvalue weighted by Crippen LogP contribution is 2.17. The van der Waals surface area contributed by atoms with E-state index >= 15 is 0 Å². The Hall–Kier alpha value is -3.29. The van der Waals surface area contributed by atoms with Gasteiger partial charge in [-0.2, -0.15) is 5.21 Å². The number of furan rings is 1. The van der Waals surface area contributed by atoms with Crippen LogP contribution in [-0.4, -0.2) is 36.5 Å². The maximum atomic E-state index is 12.2. The van der Waals surface area contributed by atoms with E-state index in [0.717, 1.165) is 11.6 Å². The van der Waals surface area contributed by atoms with E-state index in [9.17, 15) is 9.90 Å². The SMILES string of the molecule is O=C(C=C(O)c1nn[nH]n1)c1ccoc1Cc1ccncc1. The van der Waals surface area contributed by atoms with E-state index in [1.54, 1.807) is 18.5 Å². The lowest BCUT2D eigenvalue weighted by Crippen LogP contribution is -2.00. The monoisotopic (exact) mass is 297 g/mol. The summed E-state index contributed by atoms with van der Waals surface area (Å²) in [4.78, 5) is 16.2. The number of tetrazole rings is 1. The number of H-pyrrole nitrogens is 1. The van der Waals surface area contributed by atoms with Gasteiger partial charge in [0.2, 0.25) is 5.82 Å². The van der Waals surface area contributed by atoms with Crippen LogP contribution in [0.2, 0.25) is 0 Å². The largest absolute Gasteiger partial charge is 0.504 e. The standard InChI is InChI=1S/C14H11N5O3/c20-11(8-12(21)14-16-18-19-17-14)10-3-6-22-13(10)7-9-1-4-15-5-2-9/h1-6,8,21H,7H2,(H,16,17,18,19). The van der Waals surface area contributed by atoms with Gasteiger partial charge in [-0.1, -0.05) is 0 Å². The number of ketones is 1. The number of aromatic nitrogens is 5. The average molecular weight is 297 g/mol. The van der Waals surface area contributed by atoms with Gasteiger partial charge < -0.3 is 9.52 Å². The van der Waals surface area contributed by atoms with Crippen molar-refractivity contribution in [2.24, 2.45) is 0 Å². The number of carbonyl (C=O) groups excluding carboxylic acids is 1. The first kappa shape index (κ1) is 13.7. The predicted molar refractivity (Wildman–Crippen MR) is 74.9 cm³/mol. The van der Waals surface area contributed by atoms with E-state index in [1.807, 2.05) is 12.1 Å². The molecule has 0 atom stereocenters. The van der Waals surface area contributed by atoms with Crippen LogP contribution in [0.5, 0.6) is 0 Å². The minimum atomic E-state index is -0.403. The zero-order valence-electron chi connectivity index (χ0n) is 11.3. The zero-order valence-corrected chi connectivity index (χ0v) is 11.3. The van der Waals surface area contributed by atoms with Crippen molar-refractivity contribution in [1.82, 2.24) is 25.6 Å². The molecular formula is C14H11N5O3. The van der Waals surface area contributed by atoms with Crippen molar-refractivity contribution in [3.63, 3.8) is 0 Å². The number of allylic oxidation sites excluding steroid dienone is 1. The molecule has 0 aliphatic carbocycles. The molecule has 0 bridgehead atoms. The number of pyridine rings is 1. The van der Waals surface area contributed by atoms with Gasteiger partial charge in [-0.3, -0.25) is 9.78 Å². The number of aromatic amines is 1. The summed E-state index contributed by atoms with van der Waals surface area (Å²) in [5.74, 6) is -0.309. The van der Waals surface area contributed by atoms with Crippen molar-refractivity contribution in [1.29, 1.82) is 0 Å². The second kappa shape index (κ2) is 6.00. The molecule has 0 radical (unpaired) electrons. The molecule has 0 amide bonds. The summed E-state index contributed by atoms with van der Waals surface area (Å²) in [6, 6.07) is 5.23. The van der Waals surface area contributed by atoms with E-state index in [4.69, 9.17) is 4.42 Å². The highest BCUT2D eigenvalue weighted by atomic mass is 16.3. The molecule has 8 nitrogen and oxygen atoms in total. The average Bonchev–Trinajstić information content (AvgIpc) is 3.19. The van der Waals surface area contributed by atoms with E-state index in [-0.39, 0.29) is 11.6 Å². The first-order valence-corrected chi connectivity index (χ1v) is 6.38. The Morgan fingerprint density at radius 3 is 2.86 bits per heavy atom. The molecule has 3 rings (SSSR count). The molecule has 0 spiro atoms. The molecule has 22 heavy (non-hydrogen) atoms. The third kappa shape index (κ3) is 2.90. The van der Waals surface area contributed by atoms with Gasteiger partial charge in [-0.05, 0) is 29.0 Å². The number of nitrogens with zero attached hydrogens (tertiary/aromatic N) is 4. The zero-order chi connectivity index (χ0) is 15.4. The second-order valence-corrected chi connectivity index (χ2v) is 4.42. The molecule has 3 aromatic rings. The summed E-state index contributed by atoms with van der Waals surface area (Å²) in [5, 5.41) is 22.5. The summed E-state index contributed by atoms with van der Waals surface area (Å²) in [5.41, 5.74) is 1.33. The van der Waals surface area contributed by atoms with Crippen molar-refractivity contribution in [3.8, 4) is 0 Å². The number of hydrogen-bond donors (Lipinski definition) is 2. The van der Waals surface area contributed by atoms with Crippen LogP contribution in [0.25, 0.3) is 5.76 Å². The summed E-state index contributed by atoms with van der Waals surface area (Å²) in [6.07, 6.45) is 6.26. The first-order valence-electron chi connectivity index (χ1n) is 6.38. The maximum absolute atomic E-state index is 12.2. The molecular weight excluding hydrogens is 286 g/mol. The van der Waals surface area contributed by atoms with Crippen LogP contribution in [0.3, 0.4) is 0 Å². The lowest BCUT2D eigenvalue weighted by Gasteiger charge is -2.00. The van der Waals surface area contributed by atoms with E-state index < -0.39 is 5.78 Å². The summed E-state index contributed by atoms with van der Waals surface area (Å²) in [6.45, 7) is 0. The molecule has 3 heterocycles. The highest BCUT2D eigenvalue weighted by Gasteiger charge is 2.15. The number of nitrogens with one attached hydrogen (secondary N) is 1. The number of carbonyl (C=O) groups is 1. The molecule has 3 aromatic heterocycles. The third-order valence-electron chi connectivity index (χ3n) is 2.97. The van der Waals surface area contributed by atoms with Crippen molar-refractivity contribution < 1.29 is 14.3 Å². The first-order chi connectivity index (χ1) is 10.7. The van der Waals surface area contributed by atoms with Crippen LogP contribution in [0.4, 0.5) is 0 Å². The van der Waals surface area contributed by atoms with Gasteiger partial charge in [0.1, 0.15) is 5.76 Å². The lowest BCUT2D eigenvalue weighted by atomic mass is 10.1. The van der Waals surface area contributed by atoms with Crippen molar-refractivity contribution in [2.75, 3.05) is 0 Å². The van der Waals surface area contributed by atoms with Gasteiger partial charge in [0, 0.05) is 24.9 Å². The fourth-order valence-electron chi connectivity index (χ4n) is 1.92. The molecule has 0 aliphatic heterocycles. The molecule has 0 saturated carbocycles. The molecule has 0 saturated heterocycles. The van der Waals surface area contributed by atoms with E-state index in [0.29, 0.717) is 17.7 Å². The number of rotatable bonds is 5. The minimum absolute atomic E-state index is 0.0486. The lowest BCUT2D eigenvalue weighted by molar-refractivity contribution is 0.104. The second-order valence-electron chi connectivity index (χ2n) is 4.42. The van der Waals surface area contributed by atoms with Crippen molar-refractivity contribution in [3.05, 3.63) is 65.6 Å². The van der Waals surface area contributed by atoms with Crippen LogP contribution in [-0.2, 0) is 6.42 Å². The van der Waals surface area contributed by atoms with Crippen LogP contribution in [0.1, 0.15) is 27.5 Å². The quantitative estimate of drug-likeness (QED) is 0.417. The third-order valence-corrected chi connectivity index (χ3v) is 2.97. The van der Waals surface area contributed by atoms with Crippen molar-refractivity contribution in [2.45, 2.75) is 6.42 Å². The fourth-order valence-corrected chi connectivity index (χ4v) is 1.92. The molecule has 0 aromatic carbocycles. The van der Waals surface area contributed by atoms with Gasteiger partial charge in [-0.25, -0.2) is 0 Å². The predicted octanol–water partition coefficient (Wildman–Crippen LogP) is 1.56. The Morgan fingerprint density at radius 2 is 2.14 bits per heavy atom. The van der Waals surface area contributed by atoms with Gasteiger partial charge in [0.15, 0.2) is 11.5 Å². The Labute approximate surface area is 124 Å². The summed E-state index contributed by atoms with van der Waals surface area (Å²) < 4.78 is 5.36.